The fourth-order valence-electron chi connectivity index (χ4n) is 2.31. The predicted molar refractivity (Wildman–Crippen MR) is 79.0 cm³/mol. The minimum Gasteiger partial charge on any atom is -0.391 e. The number of amides is 1. The third kappa shape index (κ3) is 3.65. The number of benzene rings is 1. The number of aliphatic hydroxyl groups excluding tert-OH is 1. The van der Waals surface area contributed by atoms with Crippen molar-refractivity contribution >= 4 is 29.3 Å². The lowest BCUT2D eigenvalue weighted by Crippen LogP contribution is -2.40. The van der Waals surface area contributed by atoms with Crippen molar-refractivity contribution in [2.45, 2.75) is 43.2 Å². The Hall–Kier alpha value is -0.710. The highest BCUT2D eigenvalue weighted by molar-refractivity contribution is 7.99. The maximum absolute atomic E-state index is 12.3. The van der Waals surface area contributed by atoms with Crippen LogP contribution in [0.5, 0.6) is 0 Å². The van der Waals surface area contributed by atoms with E-state index in [2.05, 4.69) is 5.32 Å². The molecule has 0 radical (unpaired) electrons. The second-order valence-electron chi connectivity index (χ2n) is 4.65. The Kier molecular flexibility index (Phi) is 5.13. The molecule has 104 valence electrons. The number of nitrogens with one attached hydrogen (secondary N) is 1. The van der Waals surface area contributed by atoms with Crippen LogP contribution in [-0.2, 0) is 0 Å². The highest BCUT2D eigenvalue weighted by Crippen LogP contribution is 2.27. The number of halogens is 1. The molecule has 2 N–H and O–H groups in total. The first-order valence-electron chi connectivity index (χ1n) is 6.53. The lowest BCUT2D eigenvalue weighted by molar-refractivity contribution is 0.0870. The summed E-state index contributed by atoms with van der Waals surface area (Å²) in [6, 6.07) is 5.16. The molecule has 2 atom stereocenters. The van der Waals surface area contributed by atoms with E-state index >= 15 is 0 Å². The van der Waals surface area contributed by atoms with Gasteiger partial charge in [-0.15, -0.1) is 11.8 Å². The summed E-state index contributed by atoms with van der Waals surface area (Å²) in [5.74, 6) is 0.755. The van der Waals surface area contributed by atoms with E-state index in [1.807, 2.05) is 13.0 Å². The Morgan fingerprint density at radius 3 is 2.95 bits per heavy atom. The molecule has 3 nitrogen and oxygen atoms in total. The molecule has 1 fully saturated rings. The summed E-state index contributed by atoms with van der Waals surface area (Å²) < 4.78 is 0. The number of carbonyl (C=O) groups is 1. The lowest BCUT2D eigenvalue weighted by atomic mass is 10.1. The largest absolute Gasteiger partial charge is 0.391 e. The summed E-state index contributed by atoms with van der Waals surface area (Å²) in [5, 5.41) is 13.3. The van der Waals surface area contributed by atoms with Gasteiger partial charge in [0.05, 0.1) is 17.7 Å². The summed E-state index contributed by atoms with van der Waals surface area (Å²) in [6.07, 6.45) is 2.15. The van der Waals surface area contributed by atoms with Crippen LogP contribution < -0.4 is 5.32 Å². The normalized spacial score (nSPS) is 22.5. The smallest absolute Gasteiger partial charge is 0.252 e. The van der Waals surface area contributed by atoms with Gasteiger partial charge in [-0.25, -0.2) is 0 Å². The minimum atomic E-state index is -0.418. The molecule has 19 heavy (non-hydrogen) atoms. The number of hydrogen-bond acceptors (Lipinski definition) is 3. The summed E-state index contributed by atoms with van der Waals surface area (Å²) >= 11 is 7.56. The van der Waals surface area contributed by atoms with E-state index in [9.17, 15) is 9.90 Å². The van der Waals surface area contributed by atoms with Crippen molar-refractivity contribution in [3.8, 4) is 0 Å². The van der Waals surface area contributed by atoms with Crippen LogP contribution in [0.1, 0.15) is 36.5 Å². The van der Waals surface area contributed by atoms with Crippen molar-refractivity contribution in [2.24, 2.45) is 0 Å². The Balaban J connectivity index is 2.13. The molecule has 0 heterocycles. The average Bonchev–Trinajstić information content (AvgIpc) is 2.75. The molecule has 0 spiro atoms. The maximum Gasteiger partial charge on any atom is 0.252 e. The molecule has 0 aliphatic heterocycles. The van der Waals surface area contributed by atoms with Crippen LogP contribution in [0.25, 0.3) is 0 Å². The van der Waals surface area contributed by atoms with Crippen LogP contribution in [0, 0.1) is 0 Å². The summed E-state index contributed by atoms with van der Waals surface area (Å²) in [7, 11) is 0. The molecule has 1 aliphatic rings. The van der Waals surface area contributed by atoms with E-state index in [1.54, 1.807) is 23.9 Å². The van der Waals surface area contributed by atoms with Crippen LogP contribution in [0.4, 0.5) is 0 Å². The molecule has 1 saturated carbocycles. The molecule has 2 unspecified atom stereocenters. The molecule has 0 saturated heterocycles. The zero-order valence-corrected chi connectivity index (χ0v) is 12.4. The van der Waals surface area contributed by atoms with Gasteiger partial charge >= 0.3 is 0 Å². The number of aliphatic hydroxyl groups is 1. The molecule has 0 aromatic heterocycles. The summed E-state index contributed by atoms with van der Waals surface area (Å²) in [6.45, 7) is 2.04. The second kappa shape index (κ2) is 6.64. The van der Waals surface area contributed by atoms with Gasteiger partial charge in [-0.3, -0.25) is 4.79 Å². The van der Waals surface area contributed by atoms with Gasteiger partial charge in [-0.1, -0.05) is 18.5 Å². The first-order valence-corrected chi connectivity index (χ1v) is 7.89. The SMILES string of the molecule is CCSc1cc(Cl)ccc1C(=O)NC1CCCC1O. The fraction of sp³-hybridized carbons (Fsp3) is 0.500. The quantitative estimate of drug-likeness (QED) is 0.840. The van der Waals surface area contributed by atoms with Crippen molar-refractivity contribution < 1.29 is 9.90 Å². The van der Waals surface area contributed by atoms with Gasteiger partial charge in [0, 0.05) is 9.92 Å². The van der Waals surface area contributed by atoms with Gasteiger partial charge in [-0.05, 0) is 43.2 Å². The first kappa shape index (κ1) is 14.7. The van der Waals surface area contributed by atoms with E-state index in [1.165, 1.54) is 0 Å². The zero-order chi connectivity index (χ0) is 13.8. The van der Waals surface area contributed by atoms with E-state index < -0.39 is 6.10 Å². The van der Waals surface area contributed by atoms with Crippen molar-refractivity contribution in [2.75, 3.05) is 5.75 Å². The average molecular weight is 300 g/mol. The Bertz CT molecular complexity index is 467. The molecule has 0 bridgehead atoms. The summed E-state index contributed by atoms with van der Waals surface area (Å²) in [5.41, 5.74) is 0.635. The van der Waals surface area contributed by atoms with Crippen molar-refractivity contribution in [1.82, 2.24) is 5.32 Å². The van der Waals surface area contributed by atoms with Crippen molar-refractivity contribution in [1.29, 1.82) is 0 Å². The van der Waals surface area contributed by atoms with E-state index in [0.717, 1.165) is 29.9 Å². The zero-order valence-electron chi connectivity index (χ0n) is 10.9. The predicted octanol–water partition coefficient (Wildman–Crippen LogP) is 3.10. The minimum absolute atomic E-state index is 0.123. The third-order valence-electron chi connectivity index (χ3n) is 3.28. The molecule has 5 heteroatoms. The van der Waals surface area contributed by atoms with Crippen LogP contribution >= 0.6 is 23.4 Å². The van der Waals surface area contributed by atoms with Gasteiger partial charge in [0.25, 0.3) is 5.91 Å². The number of carbonyl (C=O) groups excluding carboxylic acids is 1. The topological polar surface area (TPSA) is 49.3 Å². The standard InChI is InChI=1S/C14H18ClNO2S/c1-2-19-13-8-9(15)6-7-10(13)14(18)16-11-4-3-5-12(11)17/h6-8,11-12,17H,2-5H2,1H3,(H,16,18). The fourth-order valence-corrected chi connectivity index (χ4v) is 3.39. The molecule has 2 rings (SSSR count). The van der Waals surface area contributed by atoms with Gasteiger partial charge in [-0.2, -0.15) is 0 Å². The van der Waals surface area contributed by atoms with E-state index in [4.69, 9.17) is 11.6 Å². The summed E-state index contributed by atoms with van der Waals surface area (Å²) in [4.78, 5) is 13.2. The van der Waals surface area contributed by atoms with Gasteiger partial charge in [0.1, 0.15) is 0 Å². The molecular weight excluding hydrogens is 282 g/mol. The number of rotatable bonds is 4. The van der Waals surface area contributed by atoms with Gasteiger partial charge in [0.15, 0.2) is 0 Å². The molecule has 1 aromatic carbocycles. The Labute approximate surface area is 122 Å². The Morgan fingerprint density at radius 2 is 2.32 bits per heavy atom. The molecular formula is C14H18ClNO2S. The highest BCUT2D eigenvalue weighted by Gasteiger charge is 2.27. The van der Waals surface area contributed by atoms with Crippen molar-refractivity contribution in [3.05, 3.63) is 28.8 Å². The molecule has 1 aliphatic carbocycles. The molecule has 1 amide bonds. The Morgan fingerprint density at radius 1 is 1.53 bits per heavy atom. The van der Waals surface area contributed by atoms with Crippen LogP contribution in [0.15, 0.2) is 23.1 Å². The highest BCUT2D eigenvalue weighted by atomic mass is 35.5. The first-order chi connectivity index (χ1) is 9.11. The van der Waals surface area contributed by atoms with Crippen LogP contribution in [0.3, 0.4) is 0 Å². The van der Waals surface area contributed by atoms with E-state index in [-0.39, 0.29) is 11.9 Å². The monoisotopic (exact) mass is 299 g/mol. The van der Waals surface area contributed by atoms with Gasteiger partial charge < -0.3 is 10.4 Å². The number of hydrogen-bond donors (Lipinski definition) is 2. The second-order valence-corrected chi connectivity index (χ2v) is 6.39. The number of thioether (sulfide) groups is 1. The third-order valence-corrected chi connectivity index (χ3v) is 4.46. The van der Waals surface area contributed by atoms with Crippen molar-refractivity contribution in [3.63, 3.8) is 0 Å². The maximum atomic E-state index is 12.3. The lowest BCUT2D eigenvalue weighted by Gasteiger charge is -2.17. The van der Waals surface area contributed by atoms with E-state index in [0.29, 0.717) is 10.6 Å². The molecule has 1 aromatic rings. The van der Waals surface area contributed by atoms with Gasteiger partial charge in [0.2, 0.25) is 0 Å². The van der Waals surface area contributed by atoms with Crippen LogP contribution in [0.2, 0.25) is 5.02 Å². The van der Waals surface area contributed by atoms with Crippen LogP contribution in [-0.4, -0.2) is 28.9 Å².